The van der Waals surface area contributed by atoms with Crippen LogP contribution in [0.15, 0.2) is 71.1 Å². The van der Waals surface area contributed by atoms with Crippen molar-refractivity contribution in [1.29, 1.82) is 0 Å². The average Bonchev–Trinajstić information content (AvgIpc) is 2.96. The van der Waals surface area contributed by atoms with E-state index in [4.69, 9.17) is 11.6 Å². The van der Waals surface area contributed by atoms with E-state index in [0.717, 1.165) is 4.57 Å². The number of halogens is 2. The molecule has 10 nitrogen and oxygen atoms in total. The van der Waals surface area contributed by atoms with Crippen molar-refractivity contribution in [2.75, 3.05) is 24.5 Å². The van der Waals surface area contributed by atoms with Crippen LogP contribution in [0.1, 0.15) is 20.8 Å². The zero-order chi connectivity index (χ0) is 30.3. The second-order valence-corrected chi connectivity index (χ2v) is 13.0. The van der Waals surface area contributed by atoms with Gasteiger partial charge in [-0.3, -0.25) is 4.79 Å². The maximum atomic E-state index is 14.9. The Morgan fingerprint density at radius 1 is 1.17 bits per heavy atom. The highest BCUT2D eigenvalue weighted by Gasteiger charge is 2.31. The molecule has 42 heavy (non-hydrogen) atoms. The number of benzene rings is 1. The summed E-state index contributed by atoms with van der Waals surface area (Å²) >= 11 is 6.69. The first-order chi connectivity index (χ1) is 19.9. The van der Waals surface area contributed by atoms with Crippen LogP contribution in [-0.4, -0.2) is 69.7 Å². The smallest absolute Gasteiger partial charge is 0.350 e. The molecule has 1 aliphatic rings. The maximum absolute atomic E-state index is 14.9. The molecule has 0 radical (unpaired) electrons. The molecule has 5 rings (SSSR count). The second kappa shape index (κ2) is 11.3. The lowest BCUT2D eigenvalue weighted by Crippen LogP contribution is -2.54. The van der Waals surface area contributed by atoms with Gasteiger partial charge in [-0.05, 0) is 57.2 Å². The summed E-state index contributed by atoms with van der Waals surface area (Å²) in [7, 11) is -3.94. The van der Waals surface area contributed by atoms with E-state index in [9.17, 15) is 22.4 Å². The standard InChI is InChI=1S/C29H28ClFN6O4S/c1-5-24(38)35-13-14-36(18(4)16-35)26-20-15-21(30)25(19-9-6-7-10-22(19)31)33-27(20)37(29(39)34-26)23-11-8-12-32-28(23)42(40,41)17(2)3/h5-12,15,17-18H,1,13-14,16H2,2-4H3/t18-/m0/s1. The number of nitrogens with zero attached hydrogens (tertiary/aromatic N) is 6. The van der Waals surface area contributed by atoms with E-state index in [1.165, 1.54) is 56.5 Å². The van der Waals surface area contributed by atoms with Gasteiger partial charge in [-0.2, -0.15) is 4.98 Å². The minimum absolute atomic E-state index is 0.0256. The minimum atomic E-state index is -3.94. The first kappa shape index (κ1) is 29.3. The number of anilines is 1. The van der Waals surface area contributed by atoms with Gasteiger partial charge in [0.25, 0.3) is 0 Å². The molecule has 1 aromatic carbocycles. The van der Waals surface area contributed by atoms with Crippen LogP contribution in [-0.2, 0) is 14.6 Å². The van der Waals surface area contributed by atoms with Gasteiger partial charge in [0.05, 0.1) is 27.0 Å². The van der Waals surface area contributed by atoms with Crippen LogP contribution in [0.25, 0.3) is 28.0 Å². The van der Waals surface area contributed by atoms with Crippen LogP contribution in [0.3, 0.4) is 0 Å². The Labute approximate surface area is 247 Å². The van der Waals surface area contributed by atoms with Gasteiger partial charge in [0.15, 0.2) is 20.5 Å². The molecule has 1 atom stereocenters. The quantitative estimate of drug-likeness (QED) is 0.300. The number of amides is 1. The molecule has 4 aromatic rings. The van der Waals surface area contributed by atoms with E-state index >= 15 is 0 Å². The van der Waals surface area contributed by atoms with Gasteiger partial charge in [0.1, 0.15) is 11.6 Å². The van der Waals surface area contributed by atoms with Gasteiger partial charge in [-0.15, -0.1) is 0 Å². The highest BCUT2D eigenvalue weighted by Crippen LogP contribution is 2.35. The molecule has 1 amide bonds. The fourth-order valence-corrected chi connectivity index (χ4v) is 6.34. The molecule has 13 heteroatoms. The molecule has 1 saturated heterocycles. The van der Waals surface area contributed by atoms with Crippen LogP contribution in [0.4, 0.5) is 10.2 Å². The summed E-state index contributed by atoms with van der Waals surface area (Å²) in [6, 6.07) is 10.2. The first-order valence-corrected chi connectivity index (χ1v) is 15.1. The van der Waals surface area contributed by atoms with Gasteiger partial charge < -0.3 is 9.80 Å². The maximum Gasteiger partial charge on any atom is 0.355 e. The van der Waals surface area contributed by atoms with Crippen molar-refractivity contribution >= 4 is 44.2 Å². The summed E-state index contributed by atoms with van der Waals surface area (Å²) in [6.45, 7) is 9.53. The summed E-state index contributed by atoms with van der Waals surface area (Å²) < 4.78 is 42.6. The summed E-state index contributed by atoms with van der Waals surface area (Å²) in [5.41, 5.74) is -0.648. The van der Waals surface area contributed by atoms with Crippen molar-refractivity contribution in [3.63, 3.8) is 0 Å². The van der Waals surface area contributed by atoms with Crippen LogP contribution >= 0.6 is 11.6 Å². The number of pyridine rings is 2. The Balaban J connectivity index is 1.82. The molecular weight excluding hydrogens is 583 g/mol. The Morgan fingerprint density at radius 3 is 2.57 bits per heavy atom. The molecule has 0 bridgehead atoms. The number of hydrogen-bond donors (Lipinski definition) is 0. The van der Waals surface area contributed by atoms with Crippen LogP contribution < -0.4 is 10.6 Å². The predicted molar refractivity (Wildman–Crippen MR) is 159 cm³/mol. The van der Waals surface area contributed by atoms with E-state index in [1.807, 2.05) is 11.8 Å². The number of hydrogen-bond acceptors (Lipinski definition) is 8. The van der Waals surface area contributed by atoms with Gasteiger partial charge in [0.2, 0.25) is 5.91 Å². The Morgan fingerprint density at radius 2 is 1.90 bits per heavy atom. The summed E-state index contributed by atoms with van der Waals surface area (Å²) in [5, 5.41) is -0.693. The van der Waals surface area contributed by atoms with Gasteiger partial charge in [0, 0.05) is 37.4 Å². The number of fused-ring (bicyclic) bond motifs is 1. The third-order valence-corrected chi connectivity index (χ3v) is 9.58. The van der Waals surface area contributed by atoms with E-state index in [-0.39, 0.29) is 50.4 Å². The molecule has 0 aliphatic carbocycles. The van der Waals surface area contributed by atoms with E-state index < -0.39 is 26.6 Å². The lowest BCUT2D eigenvalue weighted by atomic mass is 10.1. The summed E-state index contributed by atoms with van der Waals surface area (Å²) in [4.78, 5) is 42.8. The molecule has 3 aromatic heterocycles. The number of rotatable bonds is 6. The molecule has 0 spiro atoms. The van der Waals surface area contributed by atoms with E-state index in [0.29, 0.717) is 25.0 Å². The lowest BCUT2D eigenvalue weighted by Gasteiger charge is -2.40. The monoisotopic (exact) mass is 610 g/mol. The first-order valence-electron chi connectivity index (χ1n) is 13.2. The van der Waals surface area contributed by atoms with Crippen LogP contribution in [0.2, 0.25) is 5.02 Å². The van der Waals surface area contributed by atoms with Crippen molar-refractivity contribution in [3.05, 3.63) is 82.6 Å². The van der Waals surface area contributed by atoms with Crippen LogP contribution in [0.5, 0.6) is 0 Å². The van der Waals surface area contributed by atoms with E-state index in [2.05, 4.69) is 21.5 Å². The van der Waals surface area contributed by atoms with Crippen molar-refractivity contribution in [2.24, 2.45) is 0 Å². The molecule has 4 heterocycles. The lowest BCUT2D eigenvalue weighted by molar-refractivity contribution is -0.126. The van der Waals surface area contributed by atoms with E-state index in [1.54, 1.807) is 17.0 Å². The second-order valence-electron chi connectivity index (χ2n) is 10.2. The van der Waals surface area contributed by atoms with Crippen molar-refractivity contribution in [1.82, 2.24) is 24.4 Å². The van der Waals surface area contributed by atoms with Gasteiger partial charge in [-0.1, -0.05) is 30.3 Å². The number of carbonyl (C=O) groups is 1. The van der Waals surface area contributed by atoms with Gasteiger partial charge >= 0.3 is 5.69 Å². The Kier molecular flexibility index (Phi) is 7.86. The molecule has 1 aliphatic heterocycles. The number of piperazine rings is 1. The molecular formula is C29H28ClFN6O4S. The molecule has 1 fully saturated rings. The number of sulfone groups is 1. The highest BCUT2D eigenvalue weighted by atomic mass is 35.5. The number of aromatic nitrogens is 4. The van der Waals surface area contributed by atoms with Crippen molar-refractivity contribution in [2.45, 2.75) is 37.1 Å². The Hall–Kier alpha value is -4.16. The Bertz CT molecular complexity index is 1900. The highest BCUT2D eigenvalue weighted by molar-refractivity contribution is 7.92. The molecule has 0 unspecified atom stereocenters. The minimum Gasteiger partial charge on any atom is -0.350 e. The molecule has 0 N–H and O–H groups in total. The fourth-order valence-electron chi connectivity index (χ4n) is 4.98. The SMILES string of the molecule is C=CC(=O)N1CCN(c2nc(=O)n(-c3cccnc3S(=O)(=O)C(C)C)c3nc(-c4ccccc4F)c(Cl)cc23)[C@@H](C)C1. The van der Waals surface area contributed by atoms with Crippen LogP contribution in [0, 0.1) is 5.82 Å². The topological polar surface area (TPSA) is 118 Å². The largest absolute Gasteiger partial charge is 0.355 e. The predicted octanol–water partition coefficient (Wildman–Crippen LogP) is 4.04. The van der Waals surface area contributed by atoms with Gasteiger partial charge in [-0.25, -0.2) is 32.1 Å². The molecule has 218 valence electrons. The third kappa shape index (κ3) is 5.05. The fraction of sp³-hybridized carbons (Fsp3) is 0.276. The third-order valence-electron chi connectivity index (χ3n) is 7.20. The summed E-state index contributed by atoms with van der Waals surface area (Å²) in [5.74, 6) is -0.518. The normalized spacial score (nSPS) is 15.8. The zero-order valence-electron chi connectivity index (χ0n) is 23.2. The van der Waals surface area contributed by atoms with Crippen molar-refractivity contribution < 1.29 is 17.6 Å². The molecule has 0 saturated carbocycles. The summed E-state index contributed by atoms with van der Waals surface area (Å²) in [6.07, 6.45) is 2.58. The number of carbonyl (C=O) groups excluding carboxylic acids is 1. The average molecular weight is 611 g/mol. The van der Waals surface area contributed by atoms with Crippen molar-refractivity contribution in [3.8, 4) is 16.9 Å². The zero-order valence-corrected chi connectivity index (χ0v) is 24.7.